The van der Waals surface area contributed by atoms with Crippen LogP contribution in [-0.2, 0) is 4.79 Å². The average molecular weight is 505 g/mol. The molecule has 0 spiro atoms. The van der Waals surface area contributed by atoms with Gasteiger partial charge in [0, 0.05) is 11.0 Å². The topological polar surface area (TPSA) is 60.4 Å². The van der Waals surface area contributed by atoms with Gasteiger partial charge in [-0.2, -0.15) is 0 Å². The summed E-state index contributed by atoms with van der Waals surface area (Å²) in [4.78, 5) is 19.9. The van der Waals surface area contributed by atoms with Crippen LogP contribution < -0.4 is 14.2 Å². The van der Waals surface area contributed by atoms with Crippen molar-refractivity contribution in [2.45, 2.75) is 20.8 Å². The highest BCUT2D eigenvalue weighted by Gasteiger charge is 2.32. The number of hydrogen-bond donors (Lipinski definition) is 0. The summed E-state index contributed by atoms with van der Waals surface area (Å²) in [6.07, 6.45) is 1.85. The molecule has 0 radical (unpaired) electrons. The normalized spacial score (nSPS) is 16.3. The fourth-order valence-corrected chi connectivity index (χ4v) is 4.48. The number of carbonyl (C=O) groups is 1. The fourth-order valence-electron chi connectivity index (χ4n) is 2.99. The summed E-state index contributed by atoms with van der Waals surface area (Å²) in [5.41, 5.74) is 1.60. The lowest BCUT2D eigenvalue weighted by Crippen LogP contribution is -2.28. The zero-order valence-electron chi connectivity index (χ0n) is 18.0. The Bertz CT molecular complexity index is 1010. The first-order valence-electron chi connectivity index (χ1n) is 10.0. The molecule has 2 aromatic rings. The molecule has 2 aromatic carbocycles. The molecule has 1 aliphatic heterocycles. The van der Waals surface area contributed by atoms with E-state index < -0.39 is 0 Å². The molecule has 1 aliphatic rings. The molecule has 31 heavy (non-hydrogen) atoms. The molecule has 0 N–H and O–H groups in total. The minimum absolute atomic E-state index is 0.0714. The number of likely N-dealkylation sites (N-methyl/N-ethyl adjacent to an activating group) is 1. The number of halogens is 1. The molecule has 0 aliphatic carbocycles. The Morgan fingerprint density at radius 3 is 2.39 bits per heavy atom. The first-order valence-corrected chi connectivity index (χ1v) is 11.6. The summed E-state index contributed by atoms with van der Waals surface area (Å²) in [7, 11) is 1.60. The van der Waals surface area contributed by atoms with Crippen molar-refractivity contribution in [3.8, 4) is 17.2 Å². The molecule has 6 nitrogen and oxygen atoms in total. The maximum Gasteiger partial charge on any atom is 0.266 e. The molecule has 1 saturated heterocycles. The molecule has 1 fully saturated rings. The first-order chi connectivity index (χ1) is 15.0. The number of hydrogen-bond acceptors (Lipinski definition) is 6. The van der Waals surface area contributed by atoms with Gasteiger partial charge >= 0.3 is 0 Å². The molecule has 164 valence electrons. The number of benzene rings is 2. The minimum atomic E-state index is -0.0714. The molecule has 1 amide bonds. The number of carbonyl (C=O) groups excluding carboxylic acids is 1. The number of thioether (sulfide) groups is 1. The summed E-state index contributed by atoms with van der Waals surface area (Å²) in [5, 5.41) is 0.651. The highest BCUT2D eigenvalue weighted by molar-refractivity contribution is 9.10. The van der Waals surface area contributed by atoms with Gasteiger partial charge in [-0.3, -0.25) is 9.69 Å². The molecule has 0 bridgehead atoms. The van der Waals surface area contributed by atoms with Gasteiger partial charge in [-0.05, 0) is 80.6 Å². The second-order valence-electron chi connectivity index (χ2n) is 6.44. The summed E-state index contributed by atoms with van der Waals surface area (Å²) in [6.45, 7) is 7.46. The Hall–Kier alpha value is -2.45. The average Bonchev–Trinajstić information content (AvgIpc) is 3.05. The predicted octanol–water partition coefficient (Wildman–Crippen LogP) is 5.88. The molecule has 0 unspecified atom stereocenters. The van der Waals surface area contributed by atoms with Crippen LogP contribution in [0.5, 0.6) is 17.2 Å². The lowest BCUT2D eigenvalue weighted by molar-refractivity contribution is -0.122. The van der Waals surface area contributed by atoms with Crippen molar-refractivity contribution in [2.24, 2.45) is 4.99 Å². The molecular formula is C23H25BrN2O4S. The van der Waals surface area contributed by atoms with E-state index in [0.29, 0.717) is 41.3 Å². The first kappa shape index (κ1) is 23.2. The molecule has 0 saturated carbocycles. The second-order valence-corrected chi connectivity index (χ2v) is 8.30. The maximum atomic E-state index is 13.0. The van der Waals surface area contributed by atoms with Gasteiger partial charge in [-0.1, -0.05) is 15.9 Å². The summed E-state index contributed by atoms with van der Waals surface area (Å²) in [6, 6.07) is 11.2. The number of ether oxygens (including phenoxy) is 3. The molecule has 0 atom stereocenters. The third kappa shape index (κ3) is 5.43. The highest BCUT2D eigenvalue weighted by Crippen LogP contribution is 2.38. The van der Waals surface area contributed by atoms with Crippen LogP contribution in [0.4, 0.5) is 5.69 Å². The van der Waals surface area contributed by atoms with Crippen molar-refractivity contribution in [1.82, 2.24) is 4.90 Å². The van der Waals surface area contributed by atoms with Crippen LogP contribution in [0, 0.1) is 0 Å². The number of amidine groups is 1. The number of nitrogens with zero attached hydrogens (tertiary/aromatic N) is 2. The van der Waals surface area contributed by atoms with E-state index in [4.69, 9.17) is 14.2 Å². The Balaban J connectivity index is 1.92. The summed E-state index contributed by atoms with van der Waals surface area (Å²) >= 11 is 4.92. The highest BCUT2D eigenvalue weighted by atomic mass is 79.9. The molecule has 0 aromatic heterocycles. The van der Waals surface area contributed by atoms with Crippen LogP contribution in [0.1, 0.15) is 26.3 Å². The van der Waals surface area contributed by atoms with E-state index >= 15 is 0 Å². The molecule has 8 heteroatoms. The second kappa shape index (κ2) is 10.7. The standard InChI is InChI=1S/C23H25BrN2O4S/c1-5-26-22(27)21(13-15-12-20(30-7-3)19(28-4)14-18(15)24)31-23(26)25-16-8-10-17(11-9-16)29-6-2/h8-14H,5-7H2,1-4H3/b21-13+,25-23?. The monoisotopic (exact) mass is 504 g/mol. The van der Waals surface area contributed by atoms with Crippen LogP contribution in [0.2, 0.25) is 0 Å². The van der Waals surface area contributed by atoms with E-state index in [0.717, 1.165) is 21.5 Å². The van der Waals surface area contributed by atoms with Gasteiger partial charge in [0.15, 0.2) is 16.7 Å². The quantitative estimate of drug-likeness (QED) is 0.420. The molecular weight excluding hydrogens is 480 g/mol. The van der Waals surface area contributed by atoms with Crippen LogP contribution in [0.15, 0.2) is 50.8 Å². The van der Waals surface area contributed by atoms with Gasteiger partial charge in [0.2, 0.25) is 0 Å². The zero-order valence-corrected chi connectivity index (χ0v) is 20.4. The van der Waals surface area contributed by atoms with Crippen LogP contribution in [0.3, 0.4) is 0 Å². The minimum Gasteiger partial charge on any atom is -0.494 e. The Morgan fingerprint density at radius 1 is 1.06 bits per heavy atom. The Labute approximate surface area is 195 Å². The lowest BCUT2D eigenvalue weighted by atomic mass is 10.2. The largest absolute Gasteiger partial charge is 0.494 e. The third-order valence-corrected chi connectivity index (χ3v) is 6.14. The number of amides is 1. The Morgan fingerprint density at radius 2 is 1.77 bits per heavy atom. The third-order valence-electron chi connectivity index (χ3n) is 4.45. The number of aliphatic imine (C=N–C) groups is 1. The molecule has 1 heterocycles. The lowest BCUT2D eigenvalue weighted by Gasteiger charge is -2.12. The van der Waals surface area contributed by atoms with E-state index in [-0.39, 0.29) is 5.91 Å². The van der Waals surface area contributed by atoms with Crippen molar-refractivity contribution in [2.75, 3.05) is 26.9 Å². The van der Waals surface area contributed by atoms with Gasteiger partial charge in [0.05, 0.1) is 30.9 Å². The smallest absolute Gasteiger partial charge is 0.266 e. The summed E-state index contributed by atoms with van der Waals surface area (Å²) < 4.78 is 17.3. The zero-order chi connectivity index (χ0) is 22.4. The number of methoxy groups -OCH3 is 1. The van der Waals surface area contributed by atoms with E-state index in [1.54, 1.807) is 12.0 Å². The van der Waals surface area contributed by atoms with Crippen LogP contribution in [0.25, 0.3) is 6.08 Å². The van der Waals surface area contributed by atoms with Crippen molar-refractivity contribution in [3.05, 3.63) is 51.3 Å². The summed E-state index contributed by atoms with van der Waals surface area (Å²) in [5.74, 6) is 1.99. The van der Waals surface area contributed by atoms with E-state index in [2.05, 4.69) is 20.9 Å². The maximum absolute atomic E-state index is 13.0. The SMILES string of the molecule is CCOc1ccc(N=C2S/C(=C/c3cc(OCC)c(OC)cc3Br)C(=O)N2CC)cc1. The van der Waals surface area contributed by atoms with E-state index in [1.165, 1.54) is 11.8 Å². The Kier molecular flexibility index (Phi) is 8.03. The van der Waals surface area contributed by atoms with Crippen molar-refractivity contribution >= 4 is 50.5 Å². The van der Waals surface area contributed by atoms with Crippen LogP contribution in [-0.4, -0.2) is 42.8 Å². The molecule has 3 rings (SSSR count). The van der Waals surface area contributed by atoms with E-state index in [1.807, 2.05) is 63.2 Å². The number of rotatable bonds is 8. The van der Waals surface area contributed by atoms with Gasteiger partial charge in [-0.25, -0.2) is 4.99 Å². The van der Waals surface area contributed by atoms with Gasteiger partial charge < -0.3 is 14.2 Å². The van der Waals surface area contributed by atoms with Gasteiger partial charge in [0.25, 0.3) is 5.91 Å². The van der Waals surface area contributed by atoms with Crippen molar-refractivity contribution in [3.63, 3.8) is 0 Å². The predicted molar refractivity (Wildman–Crippen MR) is 130 cm³/mol. The van der Waals surface area contributed by atoms with Gasteiger partial charge in [-0.15, -0.1) is 0 Å². The van der Waals surface area contributed by atoms with Crippen molar-refractivity contribution < 1.29 is 19.0 Å². The van der Waals surface area contributed by atoms with Crippen molar-refractivity contribution in [1.29, 1.82) is 0 Å². The fraction of sp³-hybridized carbons (Fsp3) is 0.304. The van der Waals surface area contributed by atoms with E-state index in [9.17, 15) is 4.79 Å². The van der Waals surface area contributed by atoms with Gasteiger partial charge in [0.1, 0.15) is 5.75 Å². The van der Waals surface area contributed by atoms with Crippen LogP contribution >= 0.6 is 27.7 Å².